The van der Waals surface area contributed by atoms with Crippen LogP contribution in [-0.4, -0.2) is 30.1 Å². The van der Waals surface area contributed by atoms with Crippen LogP contribution < -0.4 is 5.32 Å². The molecule has 2 amide bonds. The van der Waals surface area contributed by atoms with Crippen LogP contribution in [0.1, 0.15) is 59.8 Å². The Bertz CT molecular complexity index is 179. The Morgan fingerprint density at radius 1 is 1.06 bits per heavy atom. The van der Waals surface area contributed by atoms with Crippen molar-refractivity contribution < 1.29 is 4.79 Å². The summed E-state index contributed by atoms with van der Waals surface area (Å²) >= 11 is 0. The molecule has 0 aromatic rings. The second-order valence-electron chi connectivity index (χ2n) is 4.25. The summed E-state index contributed by atoms with van der Waals surface area (Å²) in [5.41, 5.74) is 0. The number of nitrogens with zero attached hydrogens (tertiary/aromatic N) is 1. The van der Waals surface area contributed by atoms with Crippen LogP contribution in [0.15, 0.2) is 0 Å². The molecule has 0 rings (SSSR count). The van der Waals surface area contributed by atoms with Crippen molar-refractivity contribution in [3.63, 3.8) is 0 Å². The highest BCUT2D eigenvalue weighted by molar-refractivity contribution is 5.74. The van der Waals surface area contributed by atoms with E-state index in [1.807, 2.05) is 18.7 Å². The highest BCUT2D eigenvalue weighted by atomic mass is 16.2. The zero-order valence-corrected chi connectivity index (χ0v) is 11.4. The molecule has 0 spiro atoms. The Labute approximate surface area is 101 Å². The molecule has 0 radical (unpaired) electrons. The number of unbranched alkanes of at least 4 members (excludes halogenated alkanes) is 1. The Hall–Kier alpha value is -0.730. The lowest BCUT2D eigenvalue weighted by Crippen LogP contribution is -2.44. The largest absolute Gasteiger partial charge is 0.335 e. The third-order valence-corrected chi connectivity index (χ3v) is 2.92. The number of nitrogens with one attached hydrogen (secondary N) is 1. The van der Waals surface area contributed by atoms with Crippen LogP contribution in [0.3, 0.4) is 0 Å². The van der Waals surface area contributed by atoms with Crippen molar-refractivity contribution in [2.45, 2.75) is 65.8 Å². The summed E-state index contributed by atoms with van der Waals surface area (Å²) in [7, 11) is 0. The number of hydrogen-bond donors (Lipinski definition) is 1. The average molecular weight is 228 g/mol. The van der Waals surface area contributed by atoms with Crippen LogP contribution in [0.4, 0.5) is 4.79 Å². The molecular formula is C13H28N2O. The van der Waals surface area contributed by atoms with Gasteiger partial charge in [-0.25, -0.2) is 4.79 Å². The van der Waals surface area contributed by atoms with Gasteiger partial charge in [-0.2, -0.15) is 0 Å². The number of carbonyl (C=O) groups excluding carboxylic acids is 1. The molecule has 0 aromatic carbocycles. The lowest BCUT2D eigenvalue weighted by molar-refractivity contribution is 0.197. The molecule has 0 aliphatic rings. The molecule has 0 aliphatic carbocycles. The lowest BCUT2D eigenvalue weighted by Gasteiger charge is -2.24. The van der Waals surface area contributed by atoms with Gasteiger partial charge in [-0.3, -0.25) is 0 Å². The number of amides is 2. The molecule has 3 heteroatoms. The molecule has 1 N–H and O–H groups in total. The minimum Gasteiger partial charge on any atom is -0.335 e. The van der Waals surface area contributed by atoms with Crippen LogP contribution in [0.2, 0.25) is 0 Å². The molecule has 0 aromatic heterocycles. The van der Waals surface area contributed by atoms with E-state index in [0.29, 0.717) is 6.04 Å². The van der Waals surface area contributed by atoms with Gasteiger partial charge >= 0.3 is 6.03 Å². The van der Waals surface area contributed by atoms with E-state index >= 15 is 0 Å². The Balaban J connectivity index is 4.09. The number of carbonyl (C=O) groups is 1. The van der Waals surface area contributed by atoms with Crippen molar-refractivity contribution in [2.75, 3.05) is 13.1 Å². The van der Waals surface area contributed by atoms with Crippen molar-refractivity contribution >= 4 is 6.03 Å². The number of rotatable bonds is 8. The monoisotopic (exact) mass is 228 g/mol. The van der Waals surface area contributed by atoms with E-state index in [-0.39, 0.29) is 6.03 Å². The quantitative estimate of drug-likeness (QED) is 0.678. The Morgan fingerprint density at radius 2 is 1.69 bits per heavy atom. The summed E-state index contributed by atoms with van der Waals surface area (Å²) < 4.78 is 0. The first kappa shape index (κ1) is 15.3. The second-order valence-corrected chi connectivity index (χ2v) is 4.25. The molecule has 0 aliphatic heterocycles. The number of hydrogen-bond acceptors (Lipinski definition) is 1. The molecular weight excluding hydrogens is 200 g/mol. The van der Waals surface area contributed by atoms with Crippen LogP contribution in [-0.2, 0) is 0 Å². The maximum atomic E-state index is 11.9. The third-order valence-electron chi connectivity index (χ3n) is 2.92. The van der Waals surface area contributed by atoms with Gasteiger partial charge in [0.05, 0.1) is 0 Å². The highest BCUT2D eigenvalue weighted by Crippen LogP contribution is 2.07. The smallest absolute Gasteiger partial charge is 0.317 e. The van der Waals surface area contributed by atoms with Crippen molar-refractivity contribution in [1.29, 1.82) is 0 Å². The van der Waals surface area contributed by atoms with E-state index in [0.717, 1.165) is 32.4 Å². The van der Waals surface area contributed by atoms with Gasteiger partial charge in [0.1, 0.15) is 0 Å². The molecule has 0 saturated heterocycles. The summed E-state index contributed by atoms with van der Waals surface area (Å²) in [5, 5.41) is 3.14. The first-order valence-corrected chi connectivity index (χ1v) is 6.74. The van der Waals surface area contributed by atoms with E-state index in [4.69, 9.17) is 0 Å². The maximum Gasteiger partial charge on any atom is 0.317 e. The molecule has 0 heterocycles. The fourth-order valence-corrected chi connectivity index (χ4v) is 1.86. The van der Waals surface area contributed by atoms with Gasteiger partial charge in [0.2, 0.25) is 0 Å². The summed E-state index contributed by atoms with van der Waals surface area (Å²) in [6, 6.07) is 0.456. The lowest BCUT2D eigenvalue weighted by atomic mass is 10.1. The van der Waals surface area contributed by atoms with Gasteiger partial charge in [0, 0.05) is 19.1 Å². The summed E-state index contributed by atoms with van der Waals surface area (Å²) in [4.78, 5) is 13.7. The van der Waals surface area contributed by atoms with Gasteiger partial charge in [-0.05, 0) is 26.7 Å². The predicted molar refractivity (Wildman–Crippen MR) is 69.7 cm³/mol. The predicted octanol–water partition coefficient (Wildman–Crippen LogP) is 3.40. The molecule has 0 bridgehead atoms. The molecule has 1 atom stereocenters. The normalized spacial score (nSPS) is 12.2. The van der Waals surface area contributed by atoms with E-state index in [1.54, 1.807) is 0 Å². The fraction of sp³-hybridized carbons (Fsp3) is 0.923. The zero-order valence-electron chi connectivity index (χ0n) is 11.4. The average Bonchev–Trinajstić information content (AvgIpc) is 2.28. The van der Waals surface area contributed by atoms with Crippen LogP contribution in [0.5, 0.6) is 0 Å². The van der Waals surface area contributed by atoms with Crippen molar-refractivity contribution in [3.05, 3.63) is 0 Å². The zero-order chi connectivity index (χ0) is 12.4. The topological polar surface area (TPSA) is 32.3 Å². The van der Waals surface area contributed by atoms with Gasteiger partial charge in [-0.15, -0.1) is 0 Å². The minimum absolute atomic E-state index is 0.0968. The van der Waals surface area contributed by atoms with Gasteiger partial charge in [0.25, 0.3) is 0 Å². The van der Waals surface area contributed by atoms with Gasteiger partial charge in [0.15, 0.2) is 0 Å². The van der Waals surface area contributed by atoms with Crippen LogP contribution in [0.25, 0.3) is 0 Å². The second kappa shape index (κ2) is 9.49. The first-order chi connectivity index (χ1) is 7.69. The first-order valence-electron chi connectivity index (χ1n) is 6.74. The molecule has 0 saturated carbocycles. The summed E-state index contributed by atoms with van der Waals surface area (Å²) in [5.74, 6) is 0. The van der Waals surface area contributed by atoms with E-state index < -0.39 is 0 Å². The molecule has 1 unspecified atom stereocenters. The standard InChI is InChI=1S/C13H28N2O/c1-5-9-11-12(10-6-2)14-13(16)15(7-3)8-4/h12H,5-11H2,1-4H3,(H,14,16). The molecule has 96 valence electrons. The van der Waals surface area contributed by atoms with E-state index in [9.17, 15) is 4.79 Å². The Kier molecular flexibility index (Phi) is 9.06. The van der Waals surface area contributed by atoms with Crippen molar-refractivity contribution in [3.8, 4) is 0 Å². The van der Waals surface area contributed by atoms with Crippen molar-refractivity contribution in [2.24, 2.45) is 0 Å². The molecule has 0 fully saturated rings. The maximum absolute atomic E-state index is 11.9. The van der Waals surface area contributed by atoms with Crippen LogP contribution in [0, 0.1) is 0 Å². The van der Waals surface area contributed by atoms with Crippen LogP contribution >= 0.6 is 0 Å². The molecule has 3 nitrogen and oxygen atoms in total. The van der Waals surface area contributed by atoms with E-state index in [2.05, 4.69) is 19.2 Å². The van der Waals surface area contributed by atoms with Gasteiger partial charge in [-0.1, -0.05) is 33.1 Å². The minimum atomic E-state index is 0.0968. The summed E-state index contributed by atoms with van der Waals surface area (Å²) in [6.07, 6.45) is 5.72. The molecule has 16 heavy (non-hydrogen) atoms. The summed E-state index contributed by atoms with van der Waals surface area (Å²) in [6.45, 7) is 9.97. The van der Waals surface area contributed by atoms with Crippen molar-refractivity contribution in [1.82, 2.24) is 10.2 Å². The highest BCUT2D eigenvalue weighted by Gasteiger charge is 2.14. The van der Waals surface area contributed by atoms with E-state index in [1.165, 1.54) is 12.8 Å². The fourth-order valence-electron chi connectivity index (χ4n) is 1.86. The SMILES string of the molecule is CCCCC(CCC)NC(=O)N(CC)CC. The van der Waals surface area contributed by atoms with Gasteiger partial charge < -0.3 is 10.2 Å². The number of urea groups is 1. The Morgan fingerprint density at radius 3 is 2.12 bits per heavy atom. The third kappa shape index (κ3) is 5.99.